The van der Waals surface area contributed by atoms with E-state index < -0.39 is 11.7 Å². The first-order valence-corrected chi connectivity index (χ1v) is 8.34. The van der Waals surface area contributed by atoms with E-state index in [1.54, 1.807) is 0 Å². The molecular weight excluding hydrogens is 319 g/mol. The van der Waals surface area contributed by atoms with E-state index in [1.807, 2.05) is 0 Å². The Morgan fingerprint density at radius 3 is 2.62 bits per heavy atom. The molecule has 1 aromatic rings. The molecule has 0 bridgehead atoms. The molecule has 2 aliphatic rings. The summed E-state index contributed by atoms with van der Waals surface area (Å²) in [4.78, 5) is 14.3. The summed E-state index contributed by atoms with van der Waals surface area (Å²) in [6.07, 6.45) is -1.51. The van der Waals surface area contributed by atoms with Gasteiger partial charge in [0.15, 0.2) is 0 Å². The third kappa shape index (κ3) is 4.27. The SMILES string of the molecule is O=C(NC1CCN(Cc2ccc(C(F)(F)F)cc2)C1)C1CCCN1. The van der Waals surface area contributed by atoms with E-state index in [2.05, 4.69) is 15.5 Å². The first-order chi connectivity index (χ1) is 11.4. The van der Waals surface area contributed by atoms with Crippen molar-refractivity contribution in [2.45, 2.75) is 44.1 Å². The molecule has 2 atom stereocenters. The van der Waals surface area contributed by atoms with Crippen molar-refractivity contribution in [2.75, 3.05) is 19.6 Å². The number of hydrogen-bond acceptors (Lipinski definition) is 3. The van der Waals surface area contributed by atoms with E-state index in [-0.39, 0.29) is 18.0 Å². The van der Waals surface area contributed by atoms with Crippen molar-refractivity contribution in [2.24, 2.45) is 0 Å². The first kappa shape index (κ1) is 17.2. The highest BCUT2D eigenvalue weighted by Crippen LogP contribution is 2.29. The van der Waals surface area contributed by atoms with Gasteiger partial charge in [0.1, 0.15) is 0 Å². The minimum absolute atomic E-state index is 0.0638. The van der Waals surface area contributed by atoms with Crippen LogP contribution in [0.5, 0.6) is 0 Å². The van der Waals surface area contributed by atoms with Crippen molar-refractivity contribution < 1.29 is 18.0 Å². The van der Waals surface area contributed by atoms with Crippen LogP contribution in [0.15, 0.2) is 24.3 Å². The van der Waals surface area contributed by atoms with Gasteiger partial charge in [-0.2, -0.15) is 13.2 Å². The number of amides is 1. The van der Waals surface area contributed by atoms with Crippen molar-refractivity contribution >= 4 is 5.91 Å². The summed E-state index contributed by atoms with van der Waals surface area (Å²) in [6.45, 7) is 3.07. The Kier molecular flexibility index (Phi) is 5.10. The van der Waals surface area contributed by atoms with Gasteiger partial charge in [-0.3, -0.25) is 9.69 Å². The Hall–Kier alpha value is -1.60. The molecular formula is C17H22F3N3O. The van der Waals surface area contributed by atoms with Gasteiger partial charge < -0.3 is 10.6 Å². The molecule has 24 heavy (non-hydrogen) atoms. The second kappa shape index (κ2) is 7.11. The highest BCUT2D eigenvalue weighted by Gasteiger charge is 2.31. The van der Waals surface area contributed by atoms with Crippen LogP contribution in [0.25, 0.3) is 0 Å². The van der Waals surface area contributed by atoms with Gasteiger partial charge in [-0.1, -0.05) is 12.1 Å². The molecule has 1 aromatic carbocycles. The number of hydrogen-bond donors (Lipinski definition) is 2. The quantitative estimate of drug-likeness (QED) is 0.882. The van der Waals surface area contributed by atoms with Gasteiger partial charge in [0.05, 0.1) is 11.6 Å². The molecule has 7 heteroatoms. The highest BCUT2D eigenvalue weighted by molar-refractivity contribution is 5.82. The van der Waals surface area contributed by atoms with Gasteiger partial charge in [0, 0.05) is 25.7 Å². The van der Waals surface area contributed by atoms with E-state index >= 15 is 0 Å². The summed E-state index contributed by atoms with van der Waals surface area (Å²) >= 11 is 0. The maximum Gasteiger partial charge on any atom is 0.416 e. The molecule has 2 unspecified atom stereocenters. The molecule has 2 aliphatic heterocycles. The summed E-state index contributed by atoms with van der Waals surface area (Å²) in [7, 11) is 0. The van der Waals surface area contributed by atoms with E-state index in [0.717, 1.165) is 56.6 Å². The second-order valence-corrected chi connectivity index (χ2v) is 6.57. The van der Waals surface area contributed by atoms with Crippen LogP contribution < -0.4 is 10.6 Å². The molecule has 2 saturated heterocycles. The highest BCUT2D eigenvalue weighted by atomic mass is 19.4. The summed E-state index contributed by atoms with van der Waals surface area (Å²) in [5.74, 6) is 0.0638. The summed E-state index contributed by atoms with van der Waals surface area (Å²) in [6, 6.07) is 5.34. The normalized spacial score (nSPS) is 25.1. The van der Waals surface area contributed by atoms with Crippen molar-refractivity contribution in [3.63, 3.8) is 0 Å². The van der Waals surface area contributed by atoms with Crippen molar-refractivity contribution in [1.29, 1.82) is 0 Å². The number of benzene rings is 1. The molecule has 0 radical (unpaired) electrons. The van der Waals surface area contributed by atoms with Gasteiger partial charge in [-0.25, -0.2) is 0 Å². The Bertz CT molecular complexity index is 567. The number of rotatable bonds is 4. The van der Waals surface area contributed by atoms with E-state index in [4.69, 9.17) is 0 Å². The Morgan fingerprint density at radius 1 is 1.25 bits per heavy atom. The topological polar surface area (TPSA) is 44.4 Å². The zero-order chi connectivity index (χ0) is 17.2. The maximum absolute atomic E-state index is 12.6. The number of carbonyl (C=O) groups excluding carboxylic acids is 1. The number of nitrogens with zero attached hydrogens (tertiary/aromatic N) is 1. The van der Waals surface area contributed by atoms with Crippen LogP contribution in [0, 0.1) is 0 Å². The standard InChI is InChI=1S/C17H22F3N3O/c18-17(19,20)13-5-3-12(4-6-13)10-23-9-7-14(11-23)22-16(24)15-2-1-8-21-15/h3-6,14-15,21H,1-2,7-11H2,(H,22,24). The van der Waals surface area contributed by atoms with E-state index in [0.29, 0.717) is 6.54 Å². The molecule has 0 saturated carbocycles. The zero-order valence-electron chi connectivity index (χ0n) is 13.4. The van der Waals surface area contributed by atoms with Crippen molar-refractivity contribution in [3.05, 3.63) is 35.4 Å². The maximum atomic E-state index is 12.6. The predicted octanol–water partition coefficient (Wildman–Crippen LogP) is 2.15. The van der Waals surface area contributed by atoms with Crippen LogP contribution in [-0.4, -0.2) is 42.5 Å². The summed E-state index contributed by atoms with van der Waals surface area (Å²) in [5.41, 5.74) is 0.231. The first-order valence-electron chi connectivity index (χ1n) is 8.34. The Balaban J connectivity index is 1.48. The largest absolute Gasteiger partial charge is 0.416 e. The van der Waals surface area contributed by atoms with Crippen LogP contribution in [0.3, 0.4) is 0 Å². The molecule has 0 spiro atoms. The Morgan fingerprint density at radius 2 is 2.00 bits per heavy atom. The molecule has 3 rings (SSSR count). The zero-order valence-corrected chi connectivity index (χ0v) is 13.4. The number of alkyl halides is 3. The molecule has 0 aliphatic carbocycles. The molecule has 2 N–H and O–H groups in total. The average Bonchev–Trinajstić information content (AvgIpc) is 3.19. The number of likely N-dealkylation sites (tertiary alicyclic amines) is 1. The van der Waals surface area contributed by atoms with Crippen molar-refractivity contribution in [3.8, 4) is 0 Å². The van der Waals surface area contributed by atoms with Gasteiger partial charge in [-0.05, 0) is 43.5 Å². The van der Waals surface area contributed by atoms with Gasteiger partial charge in [0.2, 0.25) is 5.91 Å². The van der Waals surface area contributed by atoms with Crippen LogP contribution in [0.2, 0.25) is 0 Å². The molecule has 2 fully saturated rings. The lowest BCUT2D eigenvalue weighted by atomic mass is 10.1. The fraction of sp³-hybridized carbons (Fsp3) is 0.588. The fourth-order valence-electron chi connectivity index (χ4n) is 3.36. The smallest absolute Gasteiger partial charge is 0.351 e. The lowest BCUT2D eigenvalue weighted by Gasteiger charge is -2.18. The third-order valence-electron chi connectivity index (χ3n) is 4.68. The average molecular weight is 341 g/mol. The molecule has 132 valence electrons. The lowest BCUT2D eigenvalue weighted by molar-refractivity contribution is -0.137. The molecule has 2 heterocycles. The third-order valence-corrected chi connectivity index (χ3v) is 4.68. The Labute approximate surface area is 139 Å². The summed E-state index contributed by atoms with van der Waals surface area (Å²) < 4.78 is 37.7. The van der Waals surface area contributed by atoms with Gasteiger partial charge in [-0.15, -0.1) is 0 Å². The van der Waals surface area contributed by atoms with Crippen LogP contribution >= 0.6 is 0 Å². The van der Waals surface area contributed by atoms with Crippen LogP contribution in [-0.2, 0) is 17.5 Å². The monoisotopic (exact) mass is 341 g/mol. The minimum atomic E-state index is -4.30. The lowest BCUT2D eigenvalue weighted by Crippen LogP contribution is -2.46. The van der Waals surface area contributed by atoms with Crippen LogP contribution in [0.1, 0.15) is 30.4 Å². The number of halogens is 3. The fourth-order valence-corrected chi connectivity index (χ4v) is 3.36. The number of carbonyl (C=O) groups is 1. The van der Waals surface area contributed by atoms with Gasteiger partial charge in [0.25, 0.3) is 0 Å². The van der Waals surface area contributed by atoms with Crippen molar-refractivity contribution in [1.82, 2.24) is 15.5 Å². The van der Waals surface area contributed by atoms with Crippen LogP contribution in [0.4, 0.5) is 13.2 Å². The second-order valence-electron chi connectivity index (χ2n) is 6.57. The number of nitrogens with one attached hydrogen (secondary N) is 2. The molecule has 0 aromatic heterocycles. The van der Waals surface area contributed by atoms with E-state index in [9.17, 15) is 18.0 Å². The molecule has 1 amide bonds. The van der Waals surface area contributed by atoms with E-state index in [1.165, 1.54) is 12.1 Å². The minimum Gasteiger partial charge on any atom is -0.351 e. The van der Waals surface area contributed by atoms with Gasteiger partial charge >= 0.3 is 6.18 Å². The predicted molar refractivity (Wildman–Crippen MR) is 84.3 cm³/mol. The molecule has 4 nitrogen and oxygen atoms in total. The summed E-state index contributed by atoms with van der Waals surface area (Å²) in [5, 5.41) is 6.25.